The van der Waals surface area contributed by atoms with E-state index in [0.717, 1.165) is 16.2 Å². The summed E-state index contributed by atoms with van der Waals surface area (Å²) in [6.45, 7) is 0. The molecule has 0 aliphatic heterocycles. The average Bonchev–Trinajstić information content (AvgIpc) is 3.25. The monoisotopic (exact) mass is 396 g/mol. The van der Waals surface area contributed by atoms with Crippen molar-refractivity contribution in [2.24, 2.45) is 0 Å². The highest BCUT2D eigenvalue weighted by Crippen LogP contribution is 2.24. The predicted octanol–water partition coefficient (Wildman–Crippen LogP) is 4.29. The molecule has 28 heavy (non-hydrogen) atoms. The minimum atomic E-state index is -0.495. The maximum atomic E-state index is 13.1. The molecule has 4 aromatic rings. The molecule has 0 saturated carbocycles. The van der Waals surface area contributed by atoms with E-state index in [2.05, 4.69) is 10.3 Å². The highest BCUT2D eigenvalue weighted by molar-refractivity contribution is 7.15. The molecule has 140 valence electrons. The van der Waals surface area contributed by atoms with E-state index >= 15 is 0 Å². The lowest BCUT2D eigenvalue weighted by Gasteiger charge is -2.04. The van der Waals surface area contributed by atoms with Crippen LogP contribution in [0.4, 0.5) is 15.8 Å². The second-order valence-corrected chi connectivity index (χ2v) is 6.88. The number of carbonyl (C=O) groups excluding carboxylic acids is 1. The van der Waals surface area contributed by atoms with Crippen LogP contribution in [0.1, 0.15) is 5.69 Å². The Labute approximate surface area is 162 Å². The minimum Gasteiger partial charge on any atom is -0.326 e. The van der Waals surface area contributed by atoms with Gasteiger partial charge in [0.15, 0.2) is 4.96 Å². The first kappa shape index (κ1) is 17.8. The second-order valence-electron chi connectivity index (χ2n) is 6.04. The molecular weight excluding hydrogens is 383 g/mol. The van der Waals surface area contributed by atoms with E-state index < -0.39 is 4.92 Å². The first-order valence-corrected chi connectivity index (χ1v) is 9.13. The number of non-ortho nitro benzene ring substituents is 1. The molecule has 0 bridgehead atoms. The van der Waals surface area contributed by atoms with Gasteiger partial charge < -0.3 is 5.32 Å². The maximum Gasteiger partial charge on any atom is 0.269 e. The third-order valence-electron chi connectivity index (χ3n) is 4.13. The van der Waals surface area contributed by atoms with Crippen molar-refractivity contribution >= 4 is 33.6 Å². The van der Waals surface area contributed by atoms with Crippen molar-refractivity contribution < 1.29 is 14.1 Å². The largest absolute Gasteiger partial charge is 0.326 e. The molecule has 0 aliphatic rings. The van der Waals surface area contributed by atoms with E-state index in [1.54, 1.807) is 12.1 Å². The lowest BCUT2D eigenvalue weighted by atomic mass is 10.2. The Morgan fingerprint density at radius 3 is 2.57 bits per heavy atom. The van der Waals surface area contributed by atoms with Gasteiger partial charge in [-0.05, 0) is 36.4 Å². The zero-order valence-corrected chi connectivity index (χ0v) is 15.1. The molecule has 2 aromatic carbocycles. The van der Waals surface area contributed by atoms with Crippen LogP contribution in [0.3, 0.4) is 0 Å². The number of nitrogens with one attached hydrogen (secondary N) is 1. The number of nitro groups is 1. The minimum absolute atomic E-state index is 0.0377. The number of aromatic nitrogens is 2. The molecule has 4 rings (SSSR count). The van der Waals surface area contributed by atoms with E-state index in [1.807, 2.05) is 16.0 Å². The summed E-state index contributed by atoms with van der Waals surface area (Å²) in [4.78, 5) is 27.8. The fourth-order valence-corrected chi connectivity index (χ4v) is 3.63. The molecule has 0 saturated heterocycles. The Hall–Kier alpha value is -3.59. The summed E-state index contributed by atoms with van der Waals surface area (Å²) in [5.41, 5.74) is 2.70. The van der Waals surface area contributed by atoms with Crippen LogP contribution >= 0.6 is 11.3 Å². The van der Waals surface area contributed by atoms with Crippen LogP contribution in [0.15, 0.2) is 60.1 Å². The van der Waals surface area contributed by atoms with E-state index in [9.17, 15) is 19.3 Å². The third-order valence-corrected chi connectivity index (χ3v) is 5.02. The van der Waals surface area contributed by atoms with Gasteiger partial charge in [0, 0.05) is 40.7 Å². The van der Waals surface area contributed by atoms with E-state index in [4.69, 9.17) is 0 Å². The van der Waals surface area contributed by atoms with Gasteiger partial charge in [0.25, 0.3) is 5.69 Å². The summed E-state index contributed by atoms with van der Waals surface area (Å²) in [7, 11) is 0. The van der Waals surface area contributed by atoms with Crippen molar-refractivity contribution in [2.45, 2.75) is 6.42 Å². The summed E-state index contributed by atoms with van der Waals surface area (Å²) >= 11 is 1.41. The molecule has 1 N–H and O–H groups in total. The third kappa shape index (κ3) is 3.60. The number of amides is 1. The highest BCUT2D eigenvalue weighted by Gasteiger charge is 2.13. The van der Waals surface area contributed by atoms with Gasteiger partial charge in [0.1, 0.15) is 5.82 Å². The van der Waals surface area contributed by atoms with E-state index in [1.165, 1.54) is 47.7 Å². The molecule has 0 aliphatic carbocycles. The highest BCUT2D eigenvalue weighted by atomic mass is 32.1. The second kappa shape index (κ2) is 7.20. The molecule has 2 aromatic heterocycles. The Morgan fingerprint density at radius 1 is 1.18 bits per heavy atom. The summed E-state index contributed by atoms with van der Waals surface area (Å²) < 4.78 is 14.9. The van der Waals surface area contributed by atoms with Gasteiger partial charge in [0.2, 0.25) is 5.91 Å². The van der Waals surface area contributed by atoms with Gasteiger partial charge in [-0.25, -0.2) is 9.37 Å². The van der Waals surface area contributed by atoms with Crippen LogP contribution in [-0.2, 0) is 11.2 Å². The lowest BCUT2D eigenvalue weighted by Crippen LogP contribution is -2.15. The molecule has 0 fully saturated rings. The standard InChI is InChI=1S/C19H13FN4O3S/c20-13-3-1-12(2-4-13)17-10-23-16(11-28-19(23)22-17)9-18(25)21-14-5-7-15(8-6-14)24(26)27/h1-8,10-11H,9H2,(H,21,25). The van der Waals surface area contributed by atoms with Gasteiger partial charge in [-0.3, -0.25) is 19.3 Å². The number of thiazole rings is 1. The molecule has 0 radical (unpaired) electrons. The number of anilines is 1. The molecule has 0 spiro atoms. The molecule has 2 heterocycles. The molecule has 7 nitrogen and oxygen atoms in total. The maximum absolute atomic E-state index is 13.1. The number of hydrogen-bond acceptors (Lipinski definition) is 5. The zero-order valence-electron chi connectivity index (χ0n) is 14.3. The number of nitro benzene ring substituents is 1. The van der Waals surface area contributed by atoms with Gasteiger partial charge in [0.05, 0.1) is 17.0 Å². The van der Waals surface area contributed by atoms with Crippen molar-refractivity contribution in [1.82, 2.24) is 9.38 Å². The topological polar surface area (TPSA) is 89.5 Å². The summed E-state index contributed by atoms with van der Waals surface area (Å²) in [5, 5.41) is 15.3. The number of imidazole rings is 1. The van der Waals surface area contributed by atoms with Crippen molar-refractivity contribution in [2.75, 3.05) is 5.32 Å². The summed E-state index contributed by atoms with van der Waals surface area (Å²) in [5.74, 6) is -0.557. The zero-order chi connectivity index (χ0) is 19.7. The number of benzene rings is 2. The first-order valence-electron chi connectivity index (χ1n) is 8.25. The normalized spacial score (nSPS) is 10.9. The number of carbonyl (C=O) groups is 1. The van der Waals surface area contributed by atoms with Gasteiger partial charge >= 0.3 is 0 Å². The molecule has 1 amide bonds. The number of hydrogen-bond donors (Lipinski definition) is 1. The number of nitrogens with zero attached hydrogens (tertiary/aromatic N) is 3. The van der Waals surface area contributed by atoms with Crippen LogP contribution in [0.2, 0.25) is 0 Å². The quantitative estimate of drug-likeness (QED) is 0.402. The number of rotatable bonds is 5. The van der Waals surface area contributed by atoms with Crippen LogP contribution in [0.25, 0.3) is 16.2 Å². The smallest absolute Gasteiger partial charge is 0.269 e. The lowest BCUT2D eigenvalue weighted by molar-refractivity contribution is -0.384. The molecule has 0 unspecified atom stereocenters. The SMILES string of the molecule is O=C(Cc1csc2nc(-c3ccc(F)cc3)cn12)Nc1ccc([N+](=O)[O-])cc1. The van der Waals surface area contributed by atoms with Crippen molar-refractivity contribution in [3.05, 3.63) is 81.7 Å². The average molecular weight is 396 g/mol. The van der Waals surface area contributed by atoms with Crippen LogP contribution in [-0.4, -0.2) is 20.2 Å². The first-order chi connectivity index (χ1) is 13.5. The van der Waals surface area contributed by atoms with Crippen LogP contribution in [0, 0.1) is 15.9 Å². The van der Waals surface area contributed by atoms with E-state index in [0.29, 0.717) is 11.4 Å². The fraction of sp³-hybridized carbons (Fsp3) is 0.0526. The number of halogens is 1. The van der Waals surface area contributed by atoms with Crippen LogP contribution in [0.5, 0.6) is 0 Å². The van der Waals surface area contributed by atoms with Crippen molar-refractivity contribution in [1.29, 1.82) is 0 Å². The molecule has 0 atom stereocenters. The van der Waals surface area contributed by atoms with Crippen molar-refractivity contribution in [3.63, 3.8) is 0 Å². The predicted molar refractivity (Wildman–Crippen MR) is 104 cm³/mol. The Balaban J connectivity index is 1.50. The summed E-state index contributed by atoms with van der Waals surface area (Å²) in [6, 6.07) is 11.7. The molecule has 9 heteroatoms. The Kier molecular flexibility index (Phi) is 4.58. The number of fused-ring (bicyclic) bond motifs is 1. The Bertz CT molecular complexity index is 1170. The van der Waals surface area contributed by atoms with Crippen LogP contribution < -0.4 is 5.32 Å². The van der Waals surface area contributed by atoms with Crippen molar-refractivity contribution in [3.8, 4) is 11.3 Å². The van der Waals surface area contributed by atoms with Gasteiger partial charge in [-0.15, -0.1) is 11.3 Å². The van der Waals surface area contributed by atoms with Gasteiger partial charge in [-0.1, -0.05) is 0 Å². The Morgan fingerprint density at radius 2 is 1.89 bits per heavy atom. The van der Waals surface area contributed by atoms with E-state index in [-0.39, 0.29) is 23.8 Å². The van der Waals surface area contributed by atoms with Gasteiger partial charge in [-0.2, -0.15) is 0 Å². The molecular formula is C19H13FN4O3S. The fourth-order valence-electron chi connectivity index (χ4n) is 2.75. The summed E-state index contributed by atoms with van der Waals surface area (Å²) in [6.07, 6.45) is 1.93.